The Bertz CT molecular complexity index is 901. The molecule has 0 atom stereocenters. The van der Waals surface area contributed by atoms with Gasteiger partial charge in [-0.25, -0.2) is 4.68 Å². The molecule has 2 aromatic carbocycles. The summed E-state index contributed by atoms with van der Waals surface area (Å²) in [5, 5.41) is 6.07. The summed E-state index contributed by atoms with van der Waals surface area (Å²) in [6.07, 6.45) is 0.795. The largest absolute Gasteiger partial charge is 0.497 e. The number of benzene rings is 2. The van der Waals surface area contributed by atoms with Crippen molar-refractivity contribution in [1.82, 2.24) is 9.78 Å². The number of rotatable bonds is 8. The summed E-state index contributed by atoms with van der Waals surface area (Å²) in [5.74, 6) is 0.875. The van der Waals surface area contributed by atoms with Crippen LogP contribution in [0.5, 0.6) is 5.75 Å². The maximum Gasteiger partial charge on any atom is 0.140 e. The molecule has 1 aromatic heterocycles. The van der Waals surface area contributed by atoms with Crippen LogP contribution >= 0.6 is 22.6 Å². The van der Waals surface area contributed by atoms with Gasteiger partial charge in [-0.2, -0.15) is 5.10 Å². The van der Waals surface area contributed by atoms with Gasteiger partial charge >= 0.3 is 0 Å². The third kappa shape index (κ3) is 5.55. The Morgan fingerprint density at radius 3 is 2.48 bits per heavy atom. The highest BCUT2D eigenvalue weighted by atomic mass is 127. The summed E-state index contributed by atoms with van der Waals surface area (Å²) in [6, 6.07) is 15.8. The lowest BCUT2D eigenvalue weighted by molar-refractivity contribution is 0.0814. The zero-order valence-corrected chi connectivity index (χ0v) is 19.6. The molecule has 0 saturated heterocycles. The zero-order chi connectivity index (χ0) is 19.4. The lowest BCUT2D eigenvalue weighted by atomic mass is 10.1. The highest BCUT2D eigenvalue weighted by Gasteiger charge is 2.14. The normalized spacial score (nSPS) is 11.9. The van der Waals surface area contributed by atoms with E-state index in [4.69, 9.17) is 14.6 Å². The van der Waals surface area contributed by atoms with E-state index in [1.54, 1.807) is 7.11 Å². The molecule has 0 N–H and O–H groups in total. The third-order valence-electron chi connectivity index (χ3n) is 4.53. The van der Waals surface area contributed by atoms with Crippen LogP contribution in [-0.2, 0) is 17.9 Å². The Balaban J connectivity index is 1.80. The van der Waals surface area contributed by atoms with Crippen molar-refractivity contribution in [2.45, 2.75) is 38.8 Å². The minimum atomic E-state index is -1.08. The highest BCUT2D eigenvalue weighted by molar-refractivity contribution is 14.1. The van der Waals surface area contributed by atoms with Gasteiger partial charge in [-0.1, -0.05) is 31.8 Å². The lowest BCUT2D eigenvalue weighted by Crippen LogP contribution is -2.22. The fourth-order valence-corrected chi connectivity index (χ4v) is 4.14. The predicted octanol–water partition coefficient (Wildman–Crippen LogP) is 5.55. The van der Waals surface area contributed by atoms with E-state index in [0.29, 0.717) is 6.73 Å². The predicted molar refractivity (Wildman–Crippen MR) is 122 cm³/mol. The van der Waals surface area contributed by atoms with Gasteiger partial charge in [-0.15, -0.1) is 0 Å². The van der Waals surface area contributed by atoms with Crippen molar-refractivity contribution in [1.29, 1.82) is 0 Å². The van der Waals surface area contributed by atoms with Gasteiger partial charge in [-0.05, 0) is 64.5 Å². The Morgan fingerprint density at radius 2 is 1.81 bits per heavy atom. The summed E-state index contributed by atoms with van der Waals surface area (Å²) in [7, 11) is 0.611. The van der Waals surface area contributed by atoms with E-state index in [1.165, 1.54) is 20.6 Å². The summed E-state index contributed by atoms with van der Waals surface area (Å²) < 4.78 is 14.4. The molecule has 27 heavy (non-hydrogen) atoms. The van der Waals surface area contributed by atoms with E-state index in [0.717, 1.165) is 30.0 Å². The topological polar surface area (TPSA) is 36.3 Å². The van der Waals surface area contributed by atoms with Crippen LogP contribution in [0, 0.1) is 3.57 Å². The van der Waals surface area contributed by atoms with Gasteiger partial charge in [0.2, 0.25) is 0 Å². The minimum Gasteiger partial charge on any atom is -0.497 e. The van der Waals surface area contributed by atoms with Crippen molar-refractivity contribution in [2.24, 2.45) is 0 Å². The summed E-state index contributed by atoms with van der Waals surface area (Å²) in [4.78, 5) is 0. The smallest absolute Gasteiger partial charge is 0.140 e. The summed E-state index contributed by atoms with van der Waals surface area (Å²) in [6.45, 7) is 8.41. The molecular formula is C21H27IN2O2Si. The lowest BCUT2D eigenvalue weighted by Gasteiger charge is -2.15. The number of aromatic nitrogens is 2. The fraction of sp³-hybridized carbons (Fsp3) is 0.381. The van der Waals surface area contributed by atoms with Crippen LogP contribution in [0.3, 0.4) is 0 Å². The average Bonchev–Trinajstić information content (AvgIpc) is 2.95. The average molecular weight is 494 g/mol. The van der Waals surface area contributed by atoms with E-state index < -0.39 is 8.07 Å². The van der Waals surface area contributed by atoms with Crippen LogP contribution in [0.15, 0.2) is 42.5 Å². The monoisotopic (exact) mass is 494 g/mol. The molecule has 0 saturated carbocycles. The van der Waals surface area contributed by atoms with Crippen molar-refractivity contribution >= 4 is 41.6 Å². The quantitative estimate of drug-likeness (QED) is 0.234. The Morgan fingerprint density at radius 1 is 1.07 bits per heavy atom. The molecule has 0 bridgehead atoms. The summed E-state index contributed by atoms with van der Waals surface area (Å²) in [5.41, 5.74) is 3.44. The first-order valence-electron chi connectivity index (χ1n) is 9.21. The van der Waals surface area contributed by atoms with Crippen molar-refractivity contribution < 1.29 is 9.47 Å². The SMILES string of the molecule is COc1ccc(Cc2nn(COCC[Si](C)(C)C)c3cc(I)ccc23)cc1. The van der Waals surface area contributed by atoms with E-state index in [1.807, 2.05) is 16.8 Å². The number of methoxy groups -OCH3 is 1. The number of ether oxygens (including phenoxy) is 2. The second kappa shape index (κ2) is 8.75. The summed E-state index contributed by atoms with van der Waals surface area (Å²) >= 11 is 2.35. The first kappa shape index (κ1) is 20.4. The van der Waals surface area contributed by atoms with Gasteiger partial charge < -0.3 is 9.47 Å². The standard InChI is InChI=1S/C21H27IN2O2Si/c1-25-18-8-5-16(6-9-18)13-20-19-10-7-17(22)14-21(19)24(23-20)15-26-11-12-27(2,3)4/h5-10,14H,11-13,15H2,1-4H3. The van der Waals surface area contributed by atoms with E-state index in [2.05, 4.69) is 72.6 Å². The Labute approximate surface area is 176 Å². The maximum atomic E-state index is 5.95. The third-order valence-corrected chi connectivity index (χ3v) is 6.91. The fourth-order valence-electron chi connectivity index (χ4n) is 2.91. The number of nitrogens with zero attached hydrogens (tertiary/aromatic N) is 2. The van der Waals surface area contributed by atoms with Crippen molar-refractivity contribution in [2.75, 3.05) is 13.7 Å². The zero-order valence-electron chi connectivity index (χ0n) is 16.5. The second-order valence-corrected chi connectivity index (χ2v) is 14.8. The minimum absolute atomic E-state index is 0.504. The van der Waals surface area contributed by atoms with E-state index in [-0.39, 0.29) is 0 Å². The molecule has 3 rings (SSSR count). The van der Waals surface area contributed by atoms with Gasteiger partial charge in [0.25, 0.3) is 0 Å². The number of hydrogen-bond acceptors (Lipinski definition) is 3. The molecule has 0 amide bonds. The van der Waals surface area contributed by atoms with Crippen LogP contribution in [0.2, 0.25) is 25.7 Å². The Kier molecular flexibility index (Phi) is 6.59. The van der Waals surface area contributed by atoms with Gasteiger partial charge in [0.05, 0.1) is 18.3 Å². The molecule has 0 spiro atoms. The van der Waals surface area contributed by atoms with E-state index in [9.17, 15) is 0 Å². The van der Waals surface area contributed by atoms with E-state index >= 15 is 0 Å². The second-order valence-electron chi connectivity index (χ2n) is 7.98. The van der Waals surface area contributed by atoms with Crippen LogP contribution in [-0.4, -0.2) is 31.6 Å². The number of hydrogen-bond donors (Lipinski definition) is 0. The molecule has 0 aliphatic rings. The molecule has 144 valence electrons. The molecule has 0 aliphatic carbocycles. The Hall–Kier alpha value is -1.38. The van der Waals surface area contributed by atoms with Crippen LogP contribution in [0.4, 0.5) is 0 Å². The molecular weight excluding hydrogens is 467 g/mol. The van der Waals surface area contributed by atoms with Gasteiger partial charge in [-0.3, -0.25) is 0 Å². The molecule has 4 nitrogen and oxygen atoms in total. The van der Waals surface area contributed by atoms with Gasteiger partial charge in [0, 0.05) is 30.1 Å². The molecule has 0 aliphatic heterocycles. The number of halogens is 1. The first-order chi connectivity index (χ1) is 12.9. The van der Waals surface area contributed by atoms with Crippen molar-refractivity contribution in [3.8, 4) is 5.75 Å². The van der Waals surface area contributed by atoms with Crippen molar-refractivity contribution in [3.63, 3.8) is 0 Å². The van der Waals surface area contributed by atoms with Crippen LogP contribution < -0.4 is 4.74 Å². The van der Waals surface area contributed by atoms with Crippen LogP contribution in [0.1, 0.15) is 11.3 Å². The molecule has 6 heteroatoms. The highest BCUT2D eigenvalue weighted by Crippen LogP contribution is 2.24. The van der Waals surface area contributed by atoms with Crippen LogP contribution in [0.25, 0.3) is 10.9 Å². The molecule has 3 aromatic rings. The molecule has 0 radical (unpaired) electrons. The van der Waals surface area contributed by atoms with Gasteiger partial charge in [0.1, 0.15) is 12.5 Å². The number of fused-ring (bicyclic) bond motifs is 1. The molecule has 1 heterocycles. The first-order valence-corrected chi connectivity index (χ1v) is 14.0. The molecule has 0 unspecified atom stereocenters. The maximum absolute atomic E-state index is 5.95. The van der Waals surface area contributed by atoms with Crippen molar-refractivity contribution in [3.05, 3.63) is 57.3 Å². The van der Waals surface area contributed by atoms with Gasteiger partial charge in [0.15, 0.2) is 0 Å². The molecule has 0 fully saturated rings.